The largest absolute Gasteiger partial charge is 0.380 e. The van der Waals surface area contributed by atoms with E-state index in [1.165, 1.54) is 19.0 Å². The number of hydrogen-bond donors (Lipinski definition) is 4. The number of nitrogens with zero attached hydrogens (tertiary/aromatic N) is 2. The zero-order chi connectivity index (χ0) is 44.3. The Hall–Kier alpha value is -6.55. The Morgan fingerprint density at radius 2 is 1.00 bits per heavy atom. The van der Waals surface area contributed by atoms with Crippen LogP contribution in [0.2, 0.25) is 0 Å². The molecule has 0 atom stereocenters. The number of fused-ring (bicyclic) bond motifs is 2. The van der Waals surface area contributed by atoms with Gasteiger partial charge in [-0.2, -0.15) is 8.42 Å². The molecule has 2 aliphatic rings. The van der Waals surface area contributed by atoms with Crippen molar-refractivity contribution in [3.63, 3.8) is 0 Å². The van der Waals surface area contributed by atoms with Crippen LogP contribution >= 0.6 is 0 Å². The molecule has 2 fully saturated rings. The fourth-order valence-corrected chi connectivity index (χ4v) is 7.83. The topological polar surface area (TPSA) is 195 Å². The van der Waals surface area contributed by atoms with E-state index in [2.05, 4.69) is 31.2 Å². The van der Waals surface area contributed by atoms with Gasteiger partial charge in [-0.3, -0.25) is 23.4 Å². The van der Waals surface area contributed by atoms with Gasteiger partial charge in [-0.25, -0.2) is 9.97 Å². The van der Waals surface area contributed by atoms with Gasteiger partial charge in [-0.05, 0) is 107 Å². The lowest BCUT2D eigenvalue weighted by atomic mass is 9.85. The van der Waals surface area contributed by atoms with Gasteiger partial charge < -0.3 is 26.0 Å². The molecule has 4 N–H and O–H groups in total. The molecule has 0 radical (unpaired) electrons. The van der Waals surface area contributed by atoms with Gasteiger partial charge in [0.2, 0.25) is 0 Å². The number of pyridine rings is 2. The first-order valence-corrected chi connectivity index (χ1v) is 22.7. The highest BCUT2D eigenvalue weighted by Crippen LogP contribution is 2.29. The number of methoxy groups -OCH3 is 1. The van der Waals surface area contributed by atoms with Crippen molar-refractivity contribution < 1.29 is 36.5 Å². The third-order valence-electron chi connectivity index (χ3n) is 11.3. The fraction of sp³-hybridized carbons (Fsp3) is 0.292. The molecule has 0 bridgehead atoms. The lowest BCUT2D eigenvalue weighted by Crippen LogP contribution is -2.33. The first-order valence-electron chi connectivity index (χ1n) is 20.9. The van der Waals surface area contributed by atoms with Gasteiger partial charge >= 0.3 is 0 Å². The van der Waals surface area contributed by atoms with Crippen LogP contribution in [0.4, 0.5) is 11.4 Å². The maximum Gasteiger partial charge on any atom is 0.272 e. The van der Waals surface area contributed by atoms with E-state index in [9.17, 15) is 27.6 Å². The molecule has 15 heteroatoms. The average molecular weight is 871 g/mol. The van der Waals surface area contributed by atoms with Crippen molar-refractivity contribution in [3.05, 3.63) is 143 Å². The molecule has 0 spiro atoms. The number of aromatic nitrogens is 2. The maximum atomic E-state index is 13.2. The van der Waals surface area contributed by atoms with Gasteiger partial charge in [-0.15, -0.1) is 0 Å². The van der Waals surface area contributed by atoms with Gasteiger partial charge in [0.05, 0.1) is 30.8 Å². The summed E-state index contributed by atoms with van der Waals surface area (Å²) in [6.45, 7) is 1.59. The van der Waals surface area contributed by atoms with Crippen molar-refractivity contribution in [1.29, 1.82) is 0 Å². The average Bonchev–Trinajstić information content (AvgIpc) is 3.24. The Balaban J connectivity index is 0.000000190. The minimum absolute atomic E-state index is 0.130. The summed E-state index contributed by atoms with van der Waals surface area (Å²) in [5.41, 5.74) is 3.69. The van der Waals surface area contributed by atoms with Crippen LogP contribution in [-0.2, 0) is 32.3 Å². The second-order valence-corrected chi connectivity index (χ2v) is 17.4. The van der Waals surface area contributed by atoms with Gasteiger partial charge in [0.15, 0.2) is 11.4 Å². The van der Waals surface area contributed by atoms with Crippen LogP contribution in [0.15, 0.2) is 109 Å². The van der Waals surface area contributed by atoms with E-state index in [0.29, 0.717) is 70.4 Å². The molecule has 0 aliphatic heterocycles. The summed E-state index contributed by atoms with van der Waals surface area (Å²) < 4.78 is 33.0. The summed E-state index contributed by atoms with van der Waals surface area (Å²) in [5, 5.41) is 14.7. The number of hydrogen-bond acceptors (Lipinski definition) is 10. The zero-order valence-corrected chi connectivity index (χ0v) is 36.0. The minimum atomic E-state index is -3.60. The highest BCUT2D eigenvalue weighted by molar-refractivity contribution is 7.85. The second-order valence-electron chi connectivity index (χ2n) is 15.8. The highest BCUT2D eigenvalue weighted by atomic mass is 32.2. The first kappa shape index (κ1) is 44.5. The van der Waals surface area contributed by atoms with Crippen LogP contribution in [0.25, 0.3) is 21.5 Å². The van der Waals surface area contributed by atoms with Crippen molar-refractivity contribution in [2.75, 3.05) is 37.1 Å². The Morgan fingerprint density at radius 3 is 1.40 bits per heavy atom. The molecule has 63 heavy (non-hydrogen) atoms. The molecular weight excluding hydrogens is 821 g/mol. The van der Waals surface area contributed by atoms with Crippen molar-refractivity contribution in [3.8, 4) is 0 Å². The summed E-state index contributed by atoms with van der Waals surface area (Å²) >= 11 is 0. The predicted molar refractivity (Wildman–Crippen MR) is 242 cm³/mol. The molecule has 326 valence electrons. The summed E-state index contributed by atoms with van der Waals surface area (Å²) in [7, 11) is -1.96. The summed E-state index contributed by atoms with van der Waals surface area (Å²) in [6, 6.07) is 28.6. The van der Waals surface area contributed by atoms with Crippen LogP contribution in [0.3, 0.4) is 0 Å². The third kappa shape index (κ3) is 11.3. The number of nitrogens with one attached hydrogen (secondary N) is 4. The molecule has 8 rings (SSSR count). The molecular formula is C48H50N6O8S. The molecule has 4 aromatic carbocycles. The molecule has 2 heterocycles. The summed E-state index contributed by atoms with van der Waals surface area (Å²) in [4.78, 5) is 59.9. The molecule has 2 aromatic heterocycles. The number of amides is 4. The number of carbonyl (C=O) groups excluding carboxylic acids is 4. The van der Waals surface area contributed by atoms with E-state index in [1.54, 1.807) is 80.0 Å². The van der Waals surface area contributed by atoms with Crippen molar-refractivity contribution >= 4 is 66.7 Å². The number of carbonyl (C=O) groups is 4. The maximum absolute atomic E-state index is 13.2. The van der Waals surface area contributed by atoms with E-state index < -0.39 is 16.0 Å². The molecule has 2 aliphatic carbocycles. The zero-order valence-electron chi connectivity index (χ0n) is 35.2. The molecule has 2 saturated carbocycles. The van der Waals surface area contributed by atoms with Crippen LogP contribution in [0.1, 0.15) is 91.3 Å². The van der Waals surface area contributed by atoms with Gasteiger partial charge in [0.1, 0.15) is 0 Å². The van der Waals surface area contributed by atoms with Gasteiger partial charge in [-0.1, -0.05) is 73.5 Å². The van der Waals surface area contributed by atoms with Crippen LogP contribution in [-0.4, -0.2) is 68.5 Å². The Bertz CT molecular complexity index is 2750. The number of benzene rings is 4. The van der Waals surface area contributed by atoms with E-state index in [1.807, 2.05) is 30.3 Å². The van der Waals surface area contributed by atoms with E-state index in [-0.39, 0.29) is 35.7 Å². The second kappa shape index (κ2) is 20.5. The minimum Gasteiger partial charge on any atom is -0.380 e. The molecule has 0 unspecified atom stereocenters. The Kier molecular flexibility index (Phi) is 14.5. The van der Waals surface area contributed by atoms with Crippen LogP contribution in [0.5, 0.6) is 0 Å². The van der Waals surface area contributed by atoms with Crippen LogP contribution < -0.4 is 21.3 Å². The number of ether oxygens (including phenoxy) is 1. The summed E-state index contributed by atoms with van der Waals surface area (Å²) in [5.74, 6) is -0.215. The Morgan fingerprint density at radius 1 is 0.571 bits per heavy atom. The summed E-state index contributed by atoms with van der Waals surface area (Å²) in [6.07, 6.45) is 11.0. The van der Waals surface area contributed by atoms with Crippen molar-refractivity contribution in [2.24, 2.45) is 11.8 Å². The van der Waals surface area contributed by atoms with Crippen molar-refractivity contribution in [1.82, 2.24) is 20.6 Å². The van der Waals surface area contributed by atoms with Crippen LogP contribution in [0, 0.1) is 11.8 Å². The lowest BCUT2D eigenvalue weighted by Gasteiger charge is -2.25. The SMILES string of the molecule is COCc1ccc(C(=O)Nc2cccnc2C(=O)NCC2CCC2)c2ccccc12.CS(=O)(=O)OCc1ccc(C(=O)Nc2cccnc2C(=O)NCC2CCC2)c2ccccc12. The standard InChI is InChI=1S/C24H25N3O5S.C24H25N3O3/c1-33(30,31)32-15-17-11-12-20(19-9-3-2-8-18(17)19)23(28)27-21-10-5-13-25-22(21)24(29)26-14-16-6-4-7-16;1-30-15-17-11-12-20(19-9-3-2-8-18(17)19)23(28)27-21-10-5-13-25-22(21)24(29)26-14-16-6-4-7-16/h2-3,5,8-13,16H,4,6-7,14-15H2,1H3,(H,26,29)(H,27,28);2-3,5,8-13,16H,4,6-7,14-15H2,1H3,(H,26,29)(H,27,28). The number of anilines is 2. The van der Waals surface area contributed by atoms with E-state index in [4.69, 9.17) is 8.92 Å². The molecule has 6 aromatic rings. The van der Waals surface area contributed by atoms with Gasteiger partial charge in [0, 0.05) is 43.7 Å². The first-order chi connectivity index (χ1) is 30.5. The van der Waals surface area contributed by atoms with E-state index >= 15 is 0 Å². The highest BCUT2D eigenvalue weighted by Gasteiger charge is 2.23. The number of rotatable bonds is 15. The lowest BCUT2D eigenvalue weighted by molar-refractivity contribution is 0.0926. The van der Waals surface area contributed by atoms with E-state index in [0.717, 1.165) is 48.3 Å². The quantitative estimate of drug-likeness (QED) is 0.0745. The molecule has 0 saturated heterocycles. The molecule has 14 nitrogen and oxygen atoms in total. The normalized spacial score (nSPS) is 13.8. The third-order valence-corrected chi connectivity index (χ3v) is 11.9. The van der Waals surface area contributed by atoms with Crippen molar-refractivity contribution in [2.45, 2.75) is 51.7 Å². The smallest absolute Gasteiger partial charge is 0.272 e. The monoisotopic (exact) mass is 870 g/mol. The fourth-order valence-electron chi connectivity index (χ4n) is 7.49. The predicted octanol–water partition coefficient (Wildman–Crippen LogP) is 7.66. The van der Waals surface area contributed by atoms with Gasteiger partial charge in [0.25, 0.3) is 33.7 Å². The Labute approximate surface area is 366 Å². The molecule has 4 amide bonds.